The first-order valence-corrected chi connectivity index (χ1v) is 10.9. The van der Waals surface area contributed by atoms with Crippen LogP contribution in [0.2, 0.25) is 0 Å². The molecule has 1 saturated carbocycles. The van der Waals surface area contributed by atoms with Gasteiger partial charge in [0.15, 0.2) is 0 Å². The van der Waals surface area contributed by atoms with E-state index in [0.29, 0.717) is 13.0 Å². The van der Waals surface area contributed by atoms with Gasteiger partial charge in [-0.05, 0) is 31.2 Å². The van der Waals surface area contributed by atoms with Gasteiger partial charge in [0.05, 0.1) is 5.75 Å². The molecule has 2 fully saturated rings. The molecule has 2 aliphatic rings. The number of hydrogen-bond acceptors (Lipinski definition) is 3. The number of nitrogens with zero attached hydrogens (tertiary/aromatic N) is 1. The summed E-state index contributed by atoms with van der Waals surface area (Å²) in [6, 6.07) is 9.44. The zero-order valence-corrected chi connectivity index (χ0v) is 15.7. The first-order valence-electron chi connectivity index (χ1n) is 9.26. The molecule has 0 unspecified atom stereocenters. The Morgan fingerprint density at radius 1 is 1.24 bits per heavy atom. The maximum absolute atomic E-state index is 12.5. The van der Waals surface area contributed by atoms with Crippen LogP contribution in [0, 0.1) is 5.41 Å². The molecule has 0 radical (unpaired) electrons. The molecule has 1 aliphatic carbocycles. The molecular weight excluding hydrogens is 336 g/mol. The zero-order valence-electron chi connectivity index (χ0n) is 14.9. The summed E-state index contributed by atoms with van der Waals surface area (Å²) in [5.74, 6) is 0.239. The van der Waals surface area contributed by atoms with Gasteiger partial charge in [0.2, 0.25) is 15.9 Å². The second-order valence-corrected chi connectivity index (χ2v) is 9.23. The van der Waals surface area contributed by atoms with E-state index in [2.05, 4.69) is 11.6 Å². The van der Waals surface area contributed by atoms with E-state index < -0.39 is 10.0 Å². The van der Waals surface area contributed by atoms with Crippen molar-refractivity contribution in [2.75, 3.05) is 13.1 Å². The van der Waals surface area contributed by atoms with Crippen molar-refractivity contribution in [1.82, 2.24) is 9.62 Å². The minimum atomic E-state index is -3.37. The molecule has 0 bridgehead atoms. The van der Waals surface area contributed by atoms with Crippen molar-refractivity contribution in [3.8, 4) is 0 Å². The zero-order chi connectivity index (χ0) is 17.9. The summed E-state index contributed by atoms with van der Waals surface area (Å²) in [5.41, 5.74) is 0.703. The van der Waals surface area contributed by atoms with Gasteiger partial charge in [-0.1, -0.05) is 43.7 Å². The topological polar surface area (TPSA) is 66.5 Å². The number of amides is 1. The van der Waals surface area contributed by atoms with Crippen LogP contribution in [0.15, 0.2) is 30.3 Å². The SMILES string of the molecule is CCCN1C(=O)CC[C@]2(CNS(=O)(=O)Cc3ccccc3)CCC[C@@H]12. The lowest BCUT2D eigenvalue weighted by Gasteiger charge is -2.46. The molecule has 2 atom stereocenters. The Morgan fingerprint density at radius 3 is 2.72 bits per heavy atom. The van der Waals surface area contributed by atoms with Crippen molar-refractivity contribution in [1.29, 1.82) is 0 Å². The van der Waals surface area contributed by atoms with Crippen LogP contribution in [0.5, 0.6) is 0 Å². The first kappa shape index (κ1) is 18.4. The highest BCUT2D eigenvalue weighted by Crippen LogP contribution is 2.47. The first-order chi connectivity index (χ1) is 12.0. The van der Waals surface area contributed by atoms with Crippen LogP contribution >= 0.6 is 0 Å². The number of fused-ring (bicyclic) bond motifs is 1. The average Bonchev–Trinajstić information content (AvgIpc) is 3.01. The van der Waals surface area contributed by atoms with Gasteiger partial charge < -0.3 is 4.90 Å². The summed E-state index contributed by atoms with van der Waals surface area (Å²) < 4.78 is 27.9. The lowest BCUT2D eigenvalue weighted by molar-refractivity contribution is -0.141. The summed E-state index contributed by atoms with van der Waals surface area (Å²) in [6.07, 6.45) is 5.34. The number of carbonyl (C=O) groups excluding carboxylic acids is 1. The Bertz CT molecular complexity index is 705. The van der Waals surface area contributed by atoms with Crippen LogP contribution in [0.4, 0.5) is 0 Å². The van der Waals surface area contributed by atoms with Crippen molar-refractivity contribution in [3.63, 3.8) is 0 Å². The minimum absolute atomic E-state index is 0.00614. The number of hydrogen-bond donors (Lipinski definition) is 1. The Hall–Kier alpha value is -1.40. The van der Waals surface area contributed by atoms with Crippen LogP contribution in [0.1, 0.15) is 51.0 Å². The standard InChI is InChI=1S/C19H28N2O3S/c1-2-13-21-17-9-6-11-19(17,12-10-18(21)22)15-20-25(23,24)14-16-7-4-3-5-8-16/h3-5,7-8,17,20H,2,6,9-15H2,1H3/t17-,19+/m1/s1. The fourth-order valence-corrected chi connectivity index (χ4v) is 5.73. The maximum Gasteiger partial charge on any atom is 0.222 e. The number of rotatable bonds is 7. The number of sulfonamides is 1. The molecule has 1 amide bonds. The Kier molecular flexibility index (Phi) is 5.49. The fraction of sp³-hybridized carbons (Fsp3) is 0.632. The van der Waals surface area contributed by atoms with E-state index in [4.69, 9.17) is 0 Å². The summed E-state index contributed by atoms with van der Waals surface area (Å²) in [5, 5.41) is 0. The second-order valence-electron chi connectivity index (χ2n) is 7.42. The second kappa shape index (κ2) is 7.46. The molecule has 0 spiro atoms. The number of likely N-dealkylation sites (tertiary alicyclic amines) is 1. The number of nitrogens with one attached hydrogen (secondary N) is 1. The van der Waals surface area contributed by atoms with E-state index in [0.717, 1.165) is 44.2 Å². The molecule has 5 nitrogen and oxygen atoms in total. The van der Waals surface area contributed by atoms with Crippen molar-refractivity contribution in [3.05, 3.63) is 35.9 Å². The Balaban J connectivity index is 1.69. The molecule has 25 heavy (non-hydrogen) atoms. The molecule has 6 heteroatoms. The summed E-state index contributed by atoms with van der Waals surface area (Å²) in [7, 11) is -3.37. The van der Waals surface area contributed by atoms with Gasteiger partial charge in [-0.25, -0.2) is 13.1 Å². The number of carbonyl (C=O) groups is 1. The van der Waals surface area contributed by atoms with Gasteiger partial charge in [-0.3, -0.25) is 4.79 Å². The summed E-state index contributed by atoms with van der Waals surface area (Å²) >= 11 is 0. The molecule has 138 valence electrons. The van der Waals surface area contributed by atoms with Crippen molar-refractivity contribution in [2.24, 2.45) is 5.41 Å². The number of piperidine rings is 1. The van der Waals surface area contributed by atoms with E-state index in [1.165, 1.54) is 0 Å². The molecule has 0 aromatic heterocycles. The third kappa shape index (κ3) is 4.06. The van der Waals surface area contributed by atoms with E-state index in [9.17, 15) is 13.2 Å². The highest BCUT2D eigenvalue weighted by molar-refractivity contribution is 7.88. The third-order valence-electron chi connectivity index (χ3n) is 5.70. The fourth-order valence-electron chi connectivity index (χ4n) is 4.49. The molecule has 1 heterocycles. The monoisotopic (exact) mass is 364 g/mol. The van der Waals surface area contributed by atoms with Crippen LogP contribution in [-0.4, -0.2) is 38.4 Å². The average molecular weight is 365 g/mol. The van der Waals surface area contributed by atoms with E-state index >= 15 is 0 Å². The minimum Gasteiger partial charge on any atom is -0.339 e. The molecule has 1 aromatic rings. The normalized spacial score (nSPS) is 26.7. The predicted molar refractivity (Wildman–Crippen MR) is 98.4 cm³/mol. The molecule has 1 aromatic carbocycles. The van der Waals surface area contributed by atoms with Gasteiger partial charge in [0.25, 0.3) is 0 Å². The van der Waals surface area contributed by atoms with E-state index in [1.807, 2.05) is 35.2 Å². The van der Waals surface area contributed by atoms with Crippen molar-refractivity contribution in [2.45, 2.75) is 57.2 Å². The predicted octanol–water partition coefficient (Wildman–Crippen LogP) is 2.68. The summed E-state index contributed by atoms with van der Waals surface area (Å²) in [4.78, 5) is 14.3. The largest absolute Gasteiger partial charge is 0.339 e. The smallest absolute Gasteiger partial charge is 0.222 e. The van der Waals surface area contributed by atoms with Crippen molar-refractivity contribution < 1.29 is 13.2 Å². The lowest BCUT2D eigenvalue weighted by atomic mass is 9.74. The Morgan fingerprint density at radius 2 is 2.00 bits per heavy atom. The van der Waals surface area contributed by atoms with Gasteiger partial charge in [0, 0.05) is 31.0 Å². The van der Waals surface area contributed by atoms with Gasteiger partial charge in [-0.15, -0.1) is 0 Å². The van der Waals surface area contributed by atoms with Gasteiger partial charge >= 0.3 is 0 Å². The third-order valence-corrected chi connectivity index (χ3v) is 7.00. The van der Waals surface area contributed by atoms with Gasteiger partial charge in [0.1, 0.15) is 0 Å². The molecule has 1 aliphatic heterocycles. The molecule has 3 rings (SSSR count). The van der Waals surface area contributed by atoms with Gasteiger partial charge in [-0.2, -0.15) is 0 Å². The highest BCUT2D eigenvalue weighted by atomic mass is 32.2. The lowest BCUT2D eigenvalue weighted by Crippen LogP contribution is -2.56. The quantitative estimate of drug-likeness (QED) is 0.809. The van der Waals surface area contributed by atoms with Crippen LogP contribution in [0.25, 0.3) is 0 Å². The molecule has 1 saturated heterocycles. The summed E-state index contributed by atoms with van der Waals surface area (Å²) in [6.45, 7) is 3.31. The van der Waals surface area contributed by atoms with Crippen molar-refractivity contribution >= 4 is 15.9 Å². The number of benzene rings is 1. The van der Waals surface area contributed by atoms with E-state index in [-0.39, 0.29) is 23.1 Å². The molecule has 1 N–H and O–H groups in total. The molecular formula is C19H28N2O3S. The van der Waals surface area contributed by atoms with Crippen LogP contribution in [-0.2, 0) is 20.6 Å². The Labute approximate surface area is 150 Å². The van der Waals surface area contributed by atoms with Crippen LogP contribution in [0.3, 0.4) is 0 Å². The van der Waals surface area contributed by atoms with E-state index in [1.54, 1.807) is 0 Å². The maximum atomic E-state index is 12.5. The highest BCUT2D eigenvalue weighted by Gasteiger charge is 2.50. The van der Waals surface area contributed by atoms with Crippen LogP contribution < -0.4 is 4.72 Å².